The molecule has 2 fully saturated rings. The van der Waals surface area contributed by atoms with E-state index in [4.69, 9.17) is 0 Å². The second-order valence-electron chi connectivity index (χ2n) is 10.5. The Hall–Kier alpha value is -3.22. The number of amides is 4. The lowest BCUT2D eigenvalue weighted by atomic mass is 9.73. The third-order valence-corrected chi connectivity index (χ3v) is 7.31. The van der Waals surface area contributed by atoms with Gasteiger partial charge in [-0.15, -0.1) is 0 Å². The molecule has 1 atom stereocenters. The average Bonchev–Trinajstić information content (AvgIpc) is 3.07. The standard InChI is InChI=1S/C28H36N4O3/c1-19(2)8-11-28(26(34)32(27(35)30-28)18-24-7-5-6-12-29-24)23-9-13-31(14-10-23)25(33)22-16-20(3)15-21(4)17-22/h5-7,12,15-17,19,23H,8-11,13-14,18H2,1-4H3,(H,30,35)/t28-/m0/s1. The van der Waals surface area contributed by atoms with Crippen molar-refractivity contribution in [2.24, 2.45) is 11.8 Å². The Kier molecular flexibility index (Phi) is 7.24. The highest BCUT2D eigenvalue weighted by atomic mass is 16.2. The van der Waals surface area contributed by atoms with Crippen LogP contribution in [0.15, 0.2) is 42.6 Å². The second kappa shape index (κ2) is 10.2. The van der Waals surface area contributed by atoms with Crippen molar-refractivity contribution in [1.29, 1.82) is 0 Å². The molecule has 0 aliphatic carbocycles. The fourth-order valence-electron chi connectivity index (χ4n) is 5.46. The zero-order valence-corrected chi connectivity index (χ0v) is 21.2. The summed E-state index contributed by atoms with van der Waals surface area (Å²) in [7, 11) is 0. The van der Waals surface area contributed by atoms with Crippen molar-refractivity contribution in [2.75, 3.05) is 13.1 Å². The molecular formula is C28H36N4O3. The maximum atomic E-state index is 13.8. The quantitative estimate of drug-likeness (QED) is 0.598. The minimum absolute atomic E-state index is 0.0188. The number of urea groups is 1. The normalized spacial score (nSPS) is 21.1. The van der Waals surface area contributed by atoms with Gasteiger partial charge in [-0.25, -0.2) is 4.79 Å². The molecule has 2 saturated heterocycles. The number of rotatable bonds is 7. The van der Waals surface area contributed by atoms with Crippen LogP contribution in [0.1, 0.15) is 66.7 Å². The van der Waals surface area contributed by atoms with E-state index in [2.05, 4.69) is 30.2 Å². The second-order valence-corrected chi connectivity index (χ2v) is 10.5. The van der Waals surface area contributed by atoms with Crippen molar-refractivity contribution < 1.29 is 14.4 Å². The molecule has 7 heteroatoms. The molecule has 1 N–H and O–H groups in total. The van der Waals surface area contributed by atoms with E-state index in [1.54, 1.807) is 6.20 Å². The Morgan fingerprint density at radius 3 is 2.40 bits per heavy atom. The molecule has 3 heterocycles. The molecule has 0 radical (unpaired) electrons. The largest absolute Gasteiger partial charge is 0.339 e. The first-order chi connectivity index (χ1) is 16.7. The van der Waals surface area contributed by atoms with Crippen LogP contribution in [-0.4, -0.2) is 51.3 Å². The molecule has 0 unspecified atom stereocenters. The lowest BCUT2D eigenvalue weighted by Crippen LogP contribution is -2.56. The first kappa shape index (κ1) is 24.9. The molecule has 4 amide bonds. The van der Waals surface area contributed by atoms with Gasteiger partial charge in [0.25, 0.3) is 11.8 Å². The van der Waals surface area contributed by atoms with Gasteiger partial charge in [0.2, 0.25) is 0 Å². The number of hydrogen-bond donors (Lipinski definition) is 1. The Morgan fingerprint density at radius 1 is 1.11 bits per heavy atom. The monoisotopic (exact) mass is 476 g/mol. The van der Waals surface area contributed by atoms with Gasteiger partial charge in [0, 0.05) is 24.8 Å². The van der Waals surface area contributed by atoms with Crippen LogP contribution in [-0.2, 0) is 11.3 Å². The third-order valence-electron chi connectivity index (χ3n) is 7.31. The number of nitrogens with zero attached hydrogens (tertiary/aromatic N) is 3. The summed E-state index contributed by atoms with van der Waals surface area (Å²) in [4.78, 5) is 47.5. The summed E-state index contributed by atoms with van der Waals surface area (Å²) in [6.45, 7) is 9.57. The van der Waals surface area contributed by atoms with Crippen molar-refractivity contribution in [2.45, 2.75) is 65.5 Å². The van der Waals surface area contributed by atoms with Crippen LogP contribution in [0.2, 0.25) is 0 Å². The van der Waals surface area contributed by atoms with Crippen LogP contribution < -0.4 is 5.32 Å². The highest BCUT2D eigenvalue weighted by Gasteiger charge is 2.55. The Morgan fingerprint density at radius 2 is 1.80 bits per heavy atom. The molecule has 2 aliphatic rings. The summed E-state index contributed by atoms with van der Waals surface area (Å²) >= 11 is 0. The van der Waals surface area contributed by atoms with Gasteiger partial charge < -0.3 is 10.2 Å². The van der Waals surface area contributed by atoms with E-state index < -0.39 is 5.54 Å². The third kappa shape index (κ3) is 5.24. The van der Waals surface area contributed by atoms with Crippen LogP contribution in [0.5, 0.6) is 0 Å². The van der Waals surface area contributed by atoms with E-state index in [1.807, 2.05) is 49.1 Å². The zero-order chi connectivity index (χ0) is 25.2. The molecule has 35 heavy (non-hydrogen) atoms. The van der Waals surface area contributed by atoms with Gasteiger partial charge in [-0.1, -0.05) is 37.1 Å². The van der Waals surface area contributed by atoms with Crippen LogP contribution in [0.25, 0.3) is 0 Å². The number of imide groups is 1. The summed E-state index contributed by atoms with van der Waals surface area (Å²) in [5.74, 6) is 0.264. The molecule has 1 aromatic carbocycles. The summed E-state index contributed by atoms with van der Waals surface area (Å²) < 4.78 is 0. The predicted molar refractivity (Wildman–Crippen MR) is 135 cm³/mol. The Balaban J connectivity index is 1.51. The molecule has 4 rings (SSSR count). The minimum Gasteiger partial charge on any atom is -0.339 e. The average molecular weight is 477 g/mol. The van der Waals surface area contributed by atoms with Crippen molar-refractivity contribution in [3.63, 3.8) is 0 Å². The minimum atomic E-state index is -0.925. The number of benzene rings is 1. The van der Waals surface area contributed by atoms with Gasteiger partial charge in [-0.3, -0.25) is 19.5 Å². The van der Waals surface area contributed by atoms with Crippen LogP contribution in [0.4, 0.5) is 4.79 Å². The fourth-order valence-corrected chi connectivity index (χ4v) is 5.46. The number of nitrogens with one attached hydrogen (secondary N) is 1. The van der Waals surface area contributed by atoms with Gasteiger partial charge in [0.1, 0.15) is 5.54 Å². The molecule has 2 aliphatic heterocycles. The summed E-state index contributed by atoms with van der Waals surface area (Å²) in [5, 5.41) is 3.11. The van der Waals surface area contributed by atoms with Gasteiger partial charge in [-0.05, 0) is 75.6 Å². The molecule has 0 bridgehead atoms. The number of aryl methyl sites for hydroxylation is 2. The highest BCUT2D eigenvalue weighted by molar-refractivity contribution is 6.07. The van der Waals surface area contributed by atoms with E-state index in [0.717, 1.165) is 17.5 Å². The molecular weight excluding hydrogens is 440 g/mol. The van der Waals surface area contributed by atoms with E-state index in [0.29, 0.717) is 49.5 Å². The van der Waals surface area contributed by atoms with Crippen LogP contribution in [0.3, 0.4) is 0 Å². The van der Waals surface area contributed by atoms with E-state index >= 15 is 0 Å². The fraction of sp³-hybridized carbons (Fsp3) is 0.500. The zero-order valence-electron chi connectivity index (χ0n) is 21.2. The lowest BCUT2D eigenvalue weighted by Gasteiger charge is -2.41. The smallest absolute Gasteiger partial charge is 0.325 e. The van der Waals surface area contributed by atoms with Gasteiger partial charge >= 0.3 is 6.03 Å². The number of pyridine rings is 1. The van der Waals surface area contributed by atoms with E-state index in [-0.39, 0.29) is 30.3 Å². The summed E-state index contributed by atoms with van der Waals surface area (Å²) in [6.07, 6.45) is 4.47. The molecule has 186 valence electrons. The predicted octanol–water partition coefficient (Wildman–Crippen LogP) is 4.48. The first-order valence-electron chi connectivity index (χ1n) is 12.6. The number of likely N-dealkylation sites (tertiary alicyclic amines) is 1. The van der Waals surface area contributed by atoms with E-state index in [9.17, 15) is 14.4 Å². The van der Waals surface area contributed by atoms with Crippen molar-refractivity contribution >= 4 is 17.8 Å². The maximum Gasteiger partial charge on any atom is 0.325 e. The topological polar surface area (TPSA) is 82.6 Å². The lowest BCUT2D eigenvalue weighted by molar-refractivity contribution is -0.134. The number of hydrogen-bond acceptors (Lipinski definition) is 4. The van der Waals surface area contributed by atoms with Gasteiger partial charge in [0.05, 0.1) is 12.2 Å². The van der Waals surface area contributed by atoms with Crippen LogP contribution in [0, 0.1) is 25.7 Å². The number of aromatic nitrogens is 1. The molecule has 0 saturated carbocycles. The Labute approximate surface area is 207 Å². The molecule has 7 nitrogen and oxygen atoms in total. The molecule has 2 aromatic rings. The SMILES string of the molecule is Cc1cc(C)cc(C(=O)N2CCC([C@]3(CCC(C)C)NC(=O)N(Cc4ccccn4)C3=O)CC2)c1. The van der Waals surface area contributed by atoms with Gasteiger partial charge in [0.15, 0.2) is 0 Å². The highest BCUT2D eigenvalue weighted by Crippen LogP contribution is 2.38. The molecule has 0 spiro atoms. The van der Waals surface area contributed by atoms with Crippen LogP contribution >= 0.6 is 0 Å². The van der Waals surface area contributed by atoms with Gasteiger partial charge in [-0.2, -0.15) is 0 Å². The number of carbonyl (C=O) groups excluding carboxylic acids is 3. The van der Waals surface area contributed by atoms with Crippen molar-refractivity contribution in [1.82, 2.24) is 20.1 Å². The summed E-state index contributed by atoms with van der Waals surface area (Å²) in [5.41, 5.74) is 2.61. The Bertz CT molecular complexity index is 1070. The van der Waals surface area contributed by atoms with Crippen molar-refractivity contribution in [3.8, 4) is 0 Å². The number of piperidine rings is 1. The first-order valence-corrected chi connectivity index (χ1v) is 12.6. The van der Waals surface area contributed by atoms with Crippen molar-refractivity contribution in [3.05, 3.63) is 65.0 Å². The maximum absolute atomic E-state index is 13.8. The summed E-state index contributed by atoms with van der Waals surface area (Å²) in [6, 6.07) is 11.1. The van der Waals surface area contributed by atoms with E-state index in [1.165, 1.54) is 4.90 Å². The molecule has 1 aromatic heterocycles. The number of carbonyl (C=O) groups is 3.